The van der Waals surface area contributed by atoms with E-state index in [9.17, 15) is 0 Å². The molecule has 3 heteroatoms. The monoisotopic (exact) mass is 840 g/mol. The molecule has 0 saturated heterocycles. The summed E-state index contributed by atoms with van der Waals surface area (Å²) in [6.07, 6.45) is 0. The van der Waals surface area contributed by atoms with Crippen molar-refractivity contribution in [1.29, 1.82) is 0 Å². The van der Waals surface area contributed by atoms with E-state index < -0.39 is 5.41 Å². The number of nitrogens with zero attached hydrogens (tertiary/aromatic N) is 2. The number of rotatable bonds is 7. The molecule has 66 heavy (non-hydrogen) atoms. The molecule has 0 fully saturated rings. The first kappa shape index (κ1) is 37.9. The first-order valence-electron chi connectivity index (χ1n) is 22.5. The zero-order chi connectivity index (χ0) is 43.6. The Hall–Kier alpha value is -8.66. The highest BCUT2D eigenvalue weighted by atomic mass is 16.3. The van der Waals surface area contributed by atoms with Crippen LogP contribution in [0.5, 0.6) is 0 Å². The van der Waals surface area contributed by atoms with Crippen LogP contribution in [0.25, 0.3) is 100.0 Å². The first-order valence-corrected chi connectivity index (χ1v) is 22.5. The molecular formula is C63H40N2O. The molecule has 0 saturated carbocycles. The second kappa shape index (κ2) is 15.3. The summed E-state index contributed by atoms with van der Waals surface area (Å²) >= 11 is 0. The van der Waals surface area contributed by atoms with Crippen LogP contribution in [0.3, 0.4) is 0 Å². The van der Waals surface area contributed by atoms with Gasteiger partial charge < -0.3 is 4.42 Å². The number of furan rings is 1. The van der Waals surface area contributed by atoms with Crippen molar-refractivity contribution in [3.05, 3.63) is 265 Å². The van der Waals surface area contributed by atoms with Gasteiger partial charge in [-0.25, -0.2) is 9.97 Å². The summed E-state index contributed by atoms with van der Waals surface area (Å²) in [7, 11) is 0. The number of hydrogen-bond acceptors (Lipinski definition) is 3. The van der Waals surface area contributed by atoms with Gasteiger partial charge in [-0.2, -0.15) is 0 Å². The molecule has 13 rings (SSSR count). The highest BCUT2D eigenvalue weighted by molar-refractivity contribution is 6.06. The molecule has 0 amide bonds. The van der Waals surface area contributed by atoms with Gasteiger partial charge in [-0.3, -0.25) is 0 Å². The Morgan fingerprint density at radius 2 is 0.818 bits per heavy atom. The maximum absolute atomic E-state index is 6.10. The van der Waals surface area contributed by atoms with Crippen molar-refractivity contribution < 1.29 is 4.42 Å². The lowest BCUT2D eigenvalue weighted by Crippen LogP contribution is -2.28. The standard InChI is InChI=1S/C63H40N2O/c1-4-14-43(15-5-1)62-64-58(40-59(65-62)49-32-34-53-52-20-10-12-22-56(52)63(57(53)39-49,50-16-6-2-7-17-50)51-18-8-3-9-19-51)42-26-24-41(25-27-42)44-28-29-46-37-47(31-30-45(46)36-44)48-33-35-61-55(38-48)54-21-11-13-23-60(54)66-61/h1-40H. The Kier molecular flexibility index (Phi) is 8.75. The van der Waals surface area contributed by atoms with Crippen molar-refractivity contribution in [2.24, 2.45) is 0 Å². The molecule has 0 radical (unpaired) electrons. The topological polar surface area (TPSA) is 38.9 Å². The fourth-order valence-electron chi connectivity index (χ4n) is 10.4. The normalized spacial score (nSPS) is 12.7. The van der Waals surface area contributed by atoms with Crippen LogP contribution < -0.4 is 0 Å². The van der Waals surface area contributed by atoms with Gasteiger partial charge in [-0.05, 0) is 109 Å². The van der Waals surface area contributed by atoms with E-state index in [2.05, 4.69) is 212 Å². The van der Waals surface area contributed by atoms with Crippen LogP contribution in [0.2, 0.25) is 0 Å². The molecule has 0 bridgehead atoms. The Bertz CT molecular complexity index is 3760. The molecule has 3 nitrogen and oxygen atoms in total. The molecule has 0 spiro atoms. The Morgan fingerprint density at radius 3 is 1.55 bits per heavy atom. The van der Waals surface area contributed by atoms with Crippen LogP contribution in [0, 0.1) is 0 Å². The lowest BCUT2D eigenvalue weighted by Gasteiger charge is -2.34. The van der Waals surface area contributed by atoms with E-state index in [1.807, 2.05) is 30.3 Å². The highest BCUT2D eigenvalue weighted by Gasteiger charge is 2.46. The van der Waals surface area contributed by atoms with E-state index in [1.54, 1.807) is 0 Å². The van der Waals surface area contributed by atoms with Gasteiger partial charge in [0, 0.05) is 27.5 Å². The maximum atomic E-state index is 6.10. The summed E-state index contributed by atoms with van der Waals surface area (Å²) in [5, 5.41) is 4.68. The molecule has 2 aromatic heterocycles. The minimum atomic E-state index is -0.505. The number of hydrogen-bond donors (Lipinski definition) is 0. The lowest BCUT2D eigenvalue weighted by atomic mass is 9.67. The molecule has 308 valence electrons. The smallest absolute Gasteiger partial charge is 0.160 e. The van der Waals surface area contributed by atoms with Gasteiger partial charge in [0.15, 0.2) is 5.82 Å². The first-order chi connectivity index (χ1) is 32.7. The third-order valence-corrected chi connectivity index (χ3v) is 13.6. The average Bonchev–Trinajstić information content (AvgIpc) is 3.92. The van der Waals surface area contributed by atoms with Crippen molar-refractivity contribution in [3.8, 4) is 67.3 Å². The predicted molar refractivity (Wildman–Crippen MR) is 271 cm³/mol. The molecule has 0 atom stereocenters. The van der Waals surface area contributed by atoms with Gasteiger partial charge >= 0.3 is 0 Å². The zero-order valence-electron chi connectivity index (χ0n) is 35.9. The number of benzene rings is 10. The van der Waals surface area contributed by atoms with Crippen molar-refractivity contribution in [1.82, 2.24) is 9.97 Å². The second-order valence-corrected chi connectivity index (χ2v) is 17.3. The Balaban J connectivity index is 0.876. The quantitative estimate of drug-likeness (QED) is 0.160. The fourth-order valence-corrected chi connectivity index (χ4v) is 10.4. The number of para-hydroxylation sites is 1. The van der Waals surface area contributed by atoms with E-state index in [1.165, 1.54) is 60.8 Å². The summed E-state index contributed by atoms with van der Waals surface area (Å²) in [6, 6.07) is 87.1. The summed E-state index contributed by atoms with van der Waals surface area (Å²) in [5.41, 5.74) is 18.3. The summed E-state index contributed by atoms with van der Waals surface area (Å²) in [4.78, 5) is 10.5. The van der Waals surface area contributed by atoms with Crippen molar-refractivity contribution in [2.45, 2.75) is 5.41 Å². The minimum absolute atomic E-state index is 0.505. The van der Waals surface area contributed by atoms with Crippen molar-refractivity contribution in [2.75, 3.05) is 0 Å². The van der Waals surface area contributed by atoms with Crippen molar-refractivity contribution in [3.63, 3.8) is 0 Å². The van der Waals surface area contributed by atoms with Gasteiger partial charge in [0.1, 0.15) is 11.2 Å². The highest BCUT2D eigenvalue weighted by Crippen LogP contribution is 2.56. The zero-order valence-corrected chi connectivity index (χ0v) is 35.9. The molecular weight excluding hydrogens is 801 g/mol. The number of fused-ring (bicyclic) bond motifs is 7. The number of aromatic nitrogens is 2. The third kappa shape index (κ3) is 6.12. The summed E-state index contributed by atoms with van der Waals surface area (Å²) in [6.45, 7) is 0. The van der Waals surface area contributed by atoms with E-state index >= 15 is 0 Å². The second-order valence-electron chi connectivity index (χ2n) is 17.3. The van der Waals surface area contributed by atoms with Crippen LogP contribution >= 0.6 is 0 Å². The van der Waals surface area contributed by atoms with Gasteiger partial charge in [0.25, 0.3) is 0 Å². The van der Waals surface area contributed by atoms with Gasteiger partial charge in [0.05, 0.1) is 16.8 Å². The van der Waals surface area contributed by atoms with Crippen LogP contribution in [0.15, 0.2) is 247 Å². The predicted octanol–water partition coefficient (Wildman–Crippen LogP) is 16.2. The van der Waals surface area contributed by atoms with Crippen LogP contribution in [-0.4, -0.2) is 9.97 Å². The van der Waals surface area contributed by atoms with Crippen LogP contribution in [0.4, 0.5) is 0 Å². The molecule has 0 aliphatic heterocycles. The molecule has 1 aliphatic rings. The van der Waals surface area contributed by atoms with E-state index in [4.69, 9.17) is 14.4 Å². The van der Waals surface area contributed by atoms with E-state index in [0.29, 0.717) is 5.82 Å². The Morgan fingerprint density at radius 1 is 0.303 bits per heavy atom. The third-order valence-electron chi connectivity index (χ3n) is 13.6. The Labute approximate surface area is 383 Å². The SMILES string of the molecule is c1ccc(-c2nc(-c3ccc(-c4ccc5cc(-c6ccc7oc8ccccc8c7c6)ccc5c4)cc3)cc(-c3ccc4c(c3)C(c3ccccc3)(c3ccccc3)c3ccccc3-4)n2)cc1. The maximum Gasteiger partial charge on any atom is 0.160 e. The van der Waals surface area contributed by atoms with Crippen LogP contribution in [-0.2, 0) is 5.41 Å². The lowest BCUT2D eigenvalue weighted by molar-refractivity contribution is 0.669. The van der Waals surface area contributed by atoms with E-state index in [0.717, 1.165) is 55.6 Å². The summed E-state index contributed by atoms with van der Waals surface area (Å²) in [5.74, 6) is 0.695. The van der Waals surface area contributed by atoms with Gasteiger partial charge in [0.2, 0.25) is 0 Å². The molecule has 0 unspecified atom stereocenters. The fraction of sp³-hybridized carbons (Fsp3) is 0.0159. The molecule has 2 heterocycles. The molecule has 0 N–H and O–H groups in total. The van der Waals surface area contributed by atoms with Gasteiger partial charge in [-0.15, -0.1) is 0 Å². The molecule has 10 aromatic carbocycles. The van der Waals surface area contributed by atoms with Crippen molar-refractivity contribution >= 4 is 32.7 Å². The summed E-state index contributed by atoms with van der Waals surface area (Å²) < 4.78 is 6.10. The van der Waals surface area contributed by atoms with Crippen LogP contribution in [0.1, 0.15) is 22.3 Å². The largest absolute Gasteiger partial charge is 0.456 e. The average molecular weight is 841 g/mol. The minimum Gasteiger partial charge on any atom is -0.456 e. The molecule has 1 aliphatic carbocycles. The molecule has 12 aromatic rings. The van der Waals surface area contributed by atoms with Gasteiger partial charge in [-0.1, -0.05) is 200 Å². The van der Waals surface area contributed by atoms with E-state index in [-0.39, 0.29) is 0 Å².